The Morgan fingerprint density at radius 2 is 1.94 bits per heavy atom. The van der Waals surface area contributed by atoms with Crippen LogP contribution in [0.3, 0.4) is 0 Å². The average molecular weight is 252 g/mol. The van der Waals surface area contributed by atoms with Gasteiger partial charge in [0.25, 0.3) is 0 Å². The number of rotatable bonds is 8. The smallest absolute Gasteiger partial charge is 0.0650 e. The monoisotopic (exact) mass is 252 g/mol. The van der Waals surface area contributed by atoms with Gasteiger partial charge in [-0.05, 0) is 31.2 Å². The SMILES string of the molecule is CCCC(C)C(O)Cc1ccn(C(CC)CC)n1. The van der Waals surface area contributed by atoms with Gasteiger partial charge in [0, 0.05) is 12.6 Å². The highest BCUT2D eigenvalue weighted by atomic mass is 16.3. The molecule has 0 aliphatic heterocycles. The van der Waals surface area contributed by atoms with Gasteiger partial charge in [-0.2, -0.15) is 5.10 Å². The molecular weight excluding hydrogens is 224 g/mol. The zero-order valence-electron chi connectivity index (χ0n) is 12.3. The molecule has 1 rings (SSSR count). The molecule has 0 radical (unpaired) electrons. The third kappa shape index (κ3) is 4.13. The van der Waals surface area contributed by atoms with Crippen molar-refractivity contribution in [3.8, 4) is 0 Å². The Bertz CT molecular complexity index is 331. The van der Waals surface area contributed by atoms with Crippen molar-refractivity contribution in [3.05, 3.63) is 18.0 Å². The van der Waals surface area contributed by atoms with Crippen molar-refractivity contribution in [1.82, 2.24) is 9.78 Å². The lowest BCUT2D eigenvalue weighted by Gasteiger charge is -2.17. The fourth-order valence-electron chi connectivity index (χ4n) is 2.42. The van der Waals surface area contributed by atoms with Gasteiger partial charge in [-0.3, -0.25) is 4.68 Å². The van der Waals surface area contributed by atoms with Crippen molar-refractivity contribution in [2.24, 2.45) is 5.92 Å². The van der Waals surface area contributed by atoms with E-state index in [0.717, 1.165) is 31.4 Å². The maximum Gasteiger partial charge on any atom is 0.0650 e. The van der Waals surface area contributed by atoms with Gasteiger partial charge in [0.15, 0.2) is 0 Å². The lowest BCUT2D eigenvalue weighted by atomic mass is 9.96. The maximum atomic E-state index is 10.1. The largest absolute Gasteiger partial charge is 0.392 e. The molecule has 0 spiro atoms. The van der Waals surface area contributed by atoms with Crippen molar-refractivity contribution in [2.75, 3.05) is 0 Å². The standard InChI is InChI=1S/C15H28N2O/c1-5-8-12(4)15(18)11-13-9-10-17(16-13)14(6-2)7-3/h9-10,12,14-15,18H,5-8,11H2,1-4H3. The molecule has 3 heteroatoms. The molecule has 0 fully saturated rings. The van der Waals surface area contributed by atoms with E-state index >= 15 is 0 Å². The Morgan fingerprint density at radius 1 is 1.28 bits per heavy atom. The van der Waals surface area contributed by atoms with Crippen LogP contribution in [0.15, 0.2) is 12.3 Å². The summed E-state index contributed by atoms with van der Waals surface area (Å²) in [5, 5.41) is 14.7. The normalized spacial score (nSPS) is 15.0. The van der Waals surface area contributed by atoms with Crippen LogP contribution in [0.4, 0.5) is 0 Å². The van der Waals surface area contributed by atoms with Gasteiger partial charge < -0.3 is 5.11 Å². The van der Waals surface area contributed by atoms with Crippen LogP contribution in [0.5, 0.6) is 0 Å². The first-order valence-corrected chi connectivity index (χ1v) is 7.34. The Kier molecular flexibility index (Phi) is 6.41. The fraction of sp³-hybridized carbons (Fsp3) is 0.800. The van der Waals surface area contributed by atoms with Crippen LogP contribution in [0.1, 0.15) is 65.1 Å². The van der Waals surface area contributed by atoms with E-state index < -0.39 is 0 Å². The topological polar surface area (TPSA) is 38.0 Å². The minimum Gasteiger partial charge on any atom is -0.392 e. The second-order valence-corrected chi connectivity index (χ2v) is 5.29. The Labute approximate surface area is 111 Å². The van der Waals surface area contributed by atoms with E-state index in [-0.39, 0.29) is 6.10 Å². The molecule has 1 N–H and O–H groups in total. The molecule has 0 amide bonds. The van der Waals surface area contributed by atoms with Crippen LogP contribution < -0.4 is 0 Å². The van der Waals surface area contributed by atoms with E-state index in [2.05, 4.69) is 32.8 Å². The molecule has 1 heterocycles. The summed E-state index contributed by atoms with van der Waals surface area (Å²) in [5.74, 6) is 0.355. The molecule has 1 aromatic rings. The van der Waals surface area contributed by atoms with Gasteiger partial charge in [0.05, 0.1) is 17.8 Å². The van der Waals surface area contributed by atoms with E-state index in [9.17, 15) is 5.11 Å². The van der Waals surface area contributed by atoms with Crippen LogP contribution in [-0.4, -0.2) is 21.0 Å². The Morgan fingerprint density at radius 3 is 2.50 bits per heavy atom. The molecule has 0 aliphatic carbocycles. The van der Waals surface area contributed by atoms with E-state index in [1.54, 1.807) is 0 Å². The Balaban J connectivity index is 2.58. The molecule has 0 bridgehead atoms. The molecular formula is C15H28N2O. The van der Waals surface area contributed by atoms with Gasteiger partial charge in [-0.25, -0.2) is 0 Å². The number of hydrogen-bond donors (Lipinski definition) is 1. The first kappa shape index (κ1) is 15.2. The van der Waals surface area contributed by atoms with Crippen molar-refractivity contribution >= 4 is 0 Å². The highest BCUT2D eigenvalue weighted by molar-refractivity contribution is 5.01. The molecule has 0 saturated carbocycles. The van der Waals surface area contributed by atoms with Crippen LogP contribution in [0.2, 0.25) is 0 Å². The summed E-state index contributed by atoms with van der Waals surface area (Å²) in [7, 11) is 0. The van der Waals surface area contributed by atoms with Crippen LogP contribution in [0, 0.1) is 5.92 Å². The minimum atomic E-state index is -0.269. The molecule has 2 unspecified atom stereocenters. The van der Waals surface area contributed by atoms with E-state index in [4.69, 9.17) is 0 Å². The predicted octanol–water partition coefficient (Wildman–Crippen LogP) is 3.58. The van der Waals surface area contributed by atoms with E-state index in [0.29, 0.717) is 18.4 Å². The molecule has 0 aliphatic rings. The van der Waals surface area contributed by atoms with Crippen molar-refractivity contribution < 1.29 is 5.11 Å². The number of aliphatic hydroxyl groups is 1. The maximum absolute atomic E-state index is 10.1. The highest BCUT2D eigenvalue weighted by Gasteiger charge is 2.16. The molecule has 2 atom stereocenters. The van der Waals surface area contributed by atoms with Crippen LogP contribution >= 0.6 is 0 Å². The summed E-state index contributed by atoms with van der Waals surface area (Å²) in [4.78, 5) is 0. The van der Waals surface area contributed by atoms with Gasteiger partial charge in [-0.15, -0.1) is 0 Å². The van der Waals surface area contributed by atoms with Gasteiger partial charge in [0.1, 0.15) is 0 Å². The fourth-order valence-corrected chi connectivity index (χ4v) is 2.42. The lowest BCUT2D eigenvalue weighted by molar-refractivity contribution is 0.110. The first-order chi connectivity index (χ1) is 8.62. The number of hydrogen-bond acceptors (Lipinski definition) is 2. The number of aliphatic hydroxyl groups excluding tert-OH is 1. The molecule has 18 heavy (non-hydrogen) atoms. The quantitative estimate of drug-likeness (QED) is 0.768. The second kappa shape index (κ2) is 7.57. The molecule has 3 nitrogen and oxygen atoms in total. The summed E-state index contributed by atoms with van der Waals surface area (Å²) >= 11 is 0. The zero-order valence-corrected chi connectivity index (χ0v) is 12.3. The van der Waals surface area contributed by atoms with Crippen molar-refractivity contribution in [1.29, 1.82) is 0 Å². The van der Waals surface area contributed by atoms with Crippen molar-refractivity contribution in [2.45, 2.75) is 71.9 Å². The molecule has 0 saturated heterocycles. The van der Waals surface area contributed by atoms with Gasteiger partial charge in [0.2, 0.25) is 0 Å². The van der Waals surface area contributed by atoms with Crippen LogP contribution in [-0.2, 0) is 6.42 Å². The summed E-state index contributed by atoms with van der Waals surface area (Å²) in [6.07, 6.45) is 6.86. The van der Waals surface area contributed by atoms with Gasteiger partial charge >= 0.3 is 0 Å². The lowest BCUT2D eigenvalue weighted by Crippen LogP contribution is -2.20. The summed E-state index contributed by atoms with van der Waals surface area (Å²) in [6, 6.07) is 2.53. The minimum absolute atomic E-state index is 0.269. The second-order valence-electron chi connectivity index (χ2n) is 5.29. The third-order valence-corrected chi connectivity index (χ3v) is 3.80. The number of nitrogens with zero attached hydrogens (tertiary/aromatic N) is 2. The van der Waals surface area contributed by atoms with E-state index in [1.165, 1.54) is 0 Å². The number of aromatic nitrogens is 2. The Hall–Kier alpha value is -0.830. The van der Waals surface area contributed by atoms with Crippen LogP contribution in [0.25, 0.3) is 0 Å². The summed E-state index contributed by atoms with van der Waals surface area (Å²) < 4.78 is 2.05. The molecule has 1 aromatic heterocycles. The zero-order chi connectivity index (χ0) is 13.5. The first-order valence-electron chi connectivity index (χ1n) is 7.34. The summed E-state index contributed by atoms with van der Waals surface area (Å²) in [5.41, 5.74) is 1.01. The van der Waals surface area contributed by atoms with E-state index in [1.807, 2.05) is 16.9 Å². The predicted molar refractivity (Wildman–Crippen MR) is 75.6 cm³/mol. The average Bonchev–Trinajstić information content (AvgIpc) is 2.79. The van der Waals surface area contributed by atoms with Crippen molar-refractivity contribution in [3.63, 3.8) is 0 Å². The molecule has 104 valence electrons. The third-order valence-electron chi connectivity index (χ3n) is 3.80. The highest BCUT2D eigenvalue weighted by Crippen LogP contribution is 2.17. The molecule has 0 aromatic carbocycles. The summed E-state index contributed by atoms with van der Waals surface area (Å²) in [6.45, 7) is 8.65. The van der Waals surface area contributed by atoms with Gasteiger partial charge in [-0.1, -0.05) is 34.1 Å².